The van der Waals surface area contributed by atoms with Gasteiger partial charge in [0.2, 0.25) is 0 Å². The lowest BCUT2D eigenvalue weighted by Crippen LogP contribution is -1.88. The van der Waals surface area contributed by atoms with E-state index < -0.39 is 0 Å². The maximum atomic E-state index is 13.5. The third-order valence-electron chi connectivity index (χ3n) is 2.26. The Bertz CT molecular complexity index is 510. The molecule has 2 rings (SSSR count). The van der Waals surface area contributed by atoms with Crippen LogP contribution in [0.1, 0.15) is 5.56 Å². The van der Waals surface area contributed by atoms with E-state index in [1.807, 2.05) is 6.07 Å². The first-order chi connectivity index (χ1) is 8.16. The van der Waals surface area contributed by atoms with E-state index in [9.17, 15) is 9.50 Å². The highest BCUT2D eigenvalue weighted by Crippen LogP contribution is 2.29. The van der Waals surface area contributed by atoms with E-state index in [1.165, 1.54) is 17.8 Å². The normalized spacial score (nSPS) is 10.5. The summed E-state index contributed by atoms with van der Waals surface area (Å²) in [7, 11) is 0. The highest BCUT2D eigenvalue weighted by atomic mass is 35.5. The van der Waals surface area contributed by atoms with E-state index >= 15 is 0 Å². The van der Waals surface area contributed by atoms with Gasteiger partial charge in [0.25, 0.3) is 0 Å². The Morgan fingerprint density at radius 1 is 1.18 bits per heavy atom. The van der Waals surface area contributed by atoms with Gasteiger partial charge in [-0.05, 0) is 30.3 Å². The molecule has 0 aliphatic heterocycles. The van der Waals surface area contributed by atoms with E-state index in [-0.39, 0.29) is 11.6 Å². The predicted octanol–water partition coefficient (Wildman–Crippen LogP) is 4.48. The lowest BCUT2D eigenvalue weighted by atomic mass is 10.2. The smallest absolute Gasteiger partial charge is 0.128 e. The second-order valence-corrected chi connectivity index (χ2v) is 4.94. The Kier molecular flexibility index (Phi) is 3.92. The highest BCUT2D eigenvalue weighted by Gasteiger charge is 2.07. The molecule has 4 heteroatoms. The lowest BCUT2D eigenvalue weighted by Gasteiger charge is -2.05. The second-order valence-electron chi connectivity index (χ2n) is 3.49. The molecule has 0 atom stereocenters. The lowest BCUT2D eigenvalue weighted by molar-refractivity contribution is 0.474. The van der Waals surface area contributed by atoms with Gasteiger partial charge < -0.3 is 5.11 Å². The fraction of sp³-hybridized carbons (Fsp3) is 0.0769. The summed E-state index contributed by atoms with van der Waals surface area (Å²) >= 11 is 7.36. The molecule has 0 amide bonds. The molecular formula is C13H10ClFOS. The summed E-state index contributed by atoms with van der Waals surface area (Å²) in [4.78, 5) is 0.879. The zero-order valence-corrected chi connectivity index (χ0v) is 10.4. The van der Waals surface area contributed by atoms with Crippen LogP contribution in [0.25, 0.3) is 0 Å². The minimum atomic E-state index is -0.301. The van der Waals surface area contributed by atoms with Gasteiger partial charge in [0.15, 0.2) is 0 Å². The van der Waals surface area contributed by atoms with E-state index in [0.717, 1.165) is 4.90 Å². The van der Waals surface area contributed by atoms with Crippen LogP contribution in [-0.2, 0) is 5.75 Å². The molecule has 17 heavy (non-hydrogen) atoms. The fourth-order valence-electron chi connectivity index (χ4n) is 1.40. The van der Waals surface area contributed by atoms with Crippen LogP contribution in [0.15, 0.2) is 47.4 Å². The minimum Gasteiger partial charge on any atom is -0.508 e. The SMILES string of the molecule is Oc1cccc(SCc2c(F)cccc2Cl)c1. The number of hydrogen-bond donors (Lipinski definition) is 1. The third-order valence-corrected chi connectivity index (χ3v) is 3.64. The van der Waals surface area contributed by atoms with Crippen molar-refractivity contribution in [2.75, 3.05) is 0 Å². The van der Waals surface area contributed by atoms with Crippen LogP contribution < -0.4 is 0 Å². The van der Waals surface area contributed by atoms with Gasteiger partial charge >= 0.3 is 0 Å². The van der Waals surface area contributed by atoms with Crippen molar-refractivity contribution in [3.05, 3.63) is 58.9 Å². The summed E-state index contributed by atoms with van der Waals surface area (Å²) in [5, 5.41) is 9.73. The third kappa shape index (κ3) is 3.14. The van der Waals surface area contributed by atoms with E-state index in [1.54, 1.807) is 30.3 Å². The van der Waals surface area contributed by atoms with Gasteiger partial charge in [0.05, 0.1) is 0 Å². The summed E-state index contributed by atoms with van der Waals surface area (Å²) in [5.41, 5.74) is 0.488. The van der Waals surface area contributed by atoms with Crippen molar-refractivity contribution < 1.29 is 9.50 Å². The van der Waals surface area contributed by atoms with Crippen LogP contribution >= 0.6 is 23.4 Å². The maximum Gasteiger partial charge on any atom is 0.128 e. The van der Waals surface area contributed by atoms with Gasteiger partial charge in [-0.25, -0.2) is 4.39 Å². The highest BCUT2D eigenvalue weighted by molar-refractivity contribution is 7.98. The van der Waals surface area contributed by atoms with Crippen LogP contribution in [0, 0.1) is 5.82 Å². The summed E-state index contributed by atoms with van der Waals surface area (Å²) in [5.74, 6) is 0.342. The van der Waals surface area contributed by atoms with Crippen LogP contribution in [0.4, 0.5) is 4.39 Å². The summed E-state index contributed by atoms with van der Waals surface area (Å²) < 4.78 is 13.5. The topological polar surface area (TPSA) is 20.2 Å². The minimum absolute atomic E-state index is 0.203. The molecule has 88 valence electrons. The van der Waals surface area contributed by atoms with Gasteiger partial charge in [-0.3, -0.25) is 0 Å². The molecule has 2 aromatic rings. The quantitative estimate of drug-likeness (QED) is 0.829. The first kappa shape index (κ1) is 12.3. The van der Waals surface area contributed by atoms with Crippen molar-refractivity contribution in [3.8, 4) is 5.75 Å². The van der Waals surface area contributed by atoms with Gasteiger partial charge in [0.1, 0.15) is 11.6 Å². The van der Waals surface area contributed by atoms with Gasteiger partial charge in [0, 0.05) is 21.2 Å². The molecule has 0 spiro atoms. The molecule has 0 saturated carbocycles. The number of halogens is 2. The molecule has 1 N–H and O–H groups in total. The number of aromatic hydroxyl groups is 1. The molecule has 0 radical (unpaired) electrons. The predicted molar refractivity (Wildman–Crippen MR) is 69.1 cm³/mol. The molecule has 0 aliphatic carbocycles. The molecule has 0 fully saturated rings. The number of phenols is 1. The number of hydrogen-bond acceptors (Lipinski definition) is 2. The average Bonchev–Trinajstić information content (AvgIpc) is 2.28. The Hall–Kier alpha value is -1.19. The number of rotatable bonds is 3. The summed E-state index contributed by atoms with van der Waals surface area (Å²) in [6, 6.07) is 11.5. The Balaban J connectivity index is 2.13. The van der Waals surface area contributed by atoms with E-state index in [0.29, 0.717) is 16.3 Å². The molecular weight excluding hydrogens is 259 g/mol. The molecule has 0 unspecified atom stereocenters. The summed E-state index contributed by atoms with van der Waals surface area (Å²) in [6.07, 6.45) is 0. The molecule has 2 aromatic carbocycles. The molecule has 0 bridgehead atoms. The first-order valence-electron chi connectivity index (χ1n) is 5.01. The first-order valence-corrected chi connectivity index (χ1v) is 6.38. The zero-order chi connectivity index (χ0) is 12.3. The van der Waals surface area contributed by atoms with Crippen LogP contribution in [0.2, 0.25) is 5.02 Å². The van der Waals surface area contributed by atoms with Crippen molar-refractivity contribution in [1.29, 1.82) is 0 Å². The Morgan fingerprint density at radius 3 is 2.65 bits per heavy atom. The number of benzene rings is 2. The molecule has 1 nitrogen and oxygen atoms in total. The molecule has 0 saturated heterocycles. The van der Waals surface area contributed by atoms with Crippen molar-refractivity contribution in [2.24, 2.45) is 0 Å². The van der Waals surface area contributed by atoms with Crippen LogP contribution in [0.5, 0.6) is 5.75 Å². The standard InChI is InChI=1S/C13H10ClFOS/c14-12-5-2-6-13(15)11(12)8-17-10-4-1-3-9(16)7-10/h1-7,16H,8H2. The fourth-order valence-corrected chi connectivity index (χ4v) is 2.69. The Labute approximate surface area is 108 Å². The number of thioether (sulfide) groups is 1. The molecule has 0 aromatic heterocycles. The summed E-state index contributed by atoms with van der Waals surface area (Å²) in [6.45, 7) is 0. The van der Waals surface area contributed by atoms with E-state index in [4.69, 9.17) is 11.6 Å². The maximum absolute atomic E-state index is 13.5. The van der Waals surface area contributed by atoms with Gasteiger partial charge in [-0.2, -0.15) is 0 Å². The molecule has 0 heterocycles. The average molecular weight is 269 g/mol. The van der Waals surface area contributed by atoms with E-state index in [2.05, 4.69) is 0 Å². The van der Waals surface area contributed by atoms with Crippen molar-refractivity contribution in [1.82, 2.24) is 0 Å². The monoisotopic (exact) mass is 268 g/mol. The van der Waals surface area contributed by atoms with Crippen molar-refractivity contribution >= 4 is 23.4 Å². The largest absolute Gasteiger partial charge is 0.508 e. The zero-order valence-electron chi connectivity index (χ0n) is 8.86. The number of phenolic OH excluding ortho intramolecular Hbond substituents is 1. The Morgan fingerprint density at radius 2 is 1.94 bits per heavy atom. The second kappa shape index (κ2) is 5.43. The van der Waals surface area contributed by atoms with Gasteiger partial charge in [-0.15, -0.1) is 11.8 Å². The van der Waals surface area contributed by atoms with Gasteiger partial charge in [-0.1, -0.05) is 23.7 Å². The van der Waals surface area contributed by atoms with Crippen molar-refractivity contribution in [3.63, 3.8) is 0 Å². The van der Waals surface area contributed by atoms with Crippen LogP contribution in [0.3, 0.4) is 0 Å². The molecule has 0 aliphatic rings. The van der Waals surface area contributed by atoms with Crippen molar-refractivity contribution in [2.45, 2.75) is 10.6 Å². The van der Waals surface area contributed by atoms with Crippen LogP contribution in [-0.4, -0.2) is 5.11 Å².